The van der Waals surface area contributed by atoms with Gasteiger partial charge in [-0.05, 0) is 48.4 Å². The van der Waals surface area contributed by atoms with Gasteiger partial charge in [0.1, 0.15) is 5.75 Å². The van der Waals surface area contributed by atoms with Crippen LogP contribution in [0.1, 0.15) is 24.5 Å². The molecule has 1 amide bonds. The van der Waals surface area contributed by atoms with E-state index in [1.54, 1.807) is 30.3 Å². The first-order valence-electron chi connectivity index (χ1n) is 7.43. The predicted molar refractivity (Wildman–Crippen MR) is 91.0 cm³/mol. The van der Waals surface area contributed by atoms with E-state index >= 15 is 0 Å². The zero-order valence-corrected chi connectivity index (χ0v) is 13.0. The summed E-state index contributed by atoms with van der Waals surface area (Å²) in [5, 5.41) is 11.6. The monoisotopic (exact) mass is 306 g/mol. The zero-order valence-electron chi connectivity index (χ0n) is 13.0. The topological polar surface area (TPSA) is 62.1 Å². The number of hydrogen-bond donors (Lipinski definition) is 1. The highest BCUT2D eigenvalue weighted by Crippen LogP contribution is 2.14. The van der Waals surface area contributed by atoms with Crippen molar-refractivity contribution >= 4 is 17.7 Å². The fourth-order valence-electron chi connectivity index (χ4n) is 1.92. The van der Waals surface area contributed by atoms with Gasteiger partial charge >= 0.3 is 0 Å². The molecule has 0 aliphatic rings. The number of nitriles is 1. The quantitative estimate of drug-likeness (QED) is 0.820. The number of nitrogens with one attached hydrogen (secondary N) is 1. The summed E-state index contributed by atoms with van der Waals surface area (Å²) in [4.78, 5) is 11.9. The van der Waals surface area contributed by atoms with E-state index in [0.717, 1.165) is 17.7 Å². The van der Waals surface area contributed by atoms with Crippen LogP contribution in [0, 0.1) is 11.3 Å². The van der Waals surface area contributed by atoms with Crippen molar-refractivity contribution in [3.05, 3.63) is 65.7 Å². The van der Waals surface area contributed by atoms with Crippen molar-refractivity contribution in [2.45, 2.75) is 13.3 Å². The molecule has 0 aliphatic carbocycles. The lowest BCUT2D eigenvalue weighted by atomic mass is 10.2. The molecule has 0 heterocycles. The lowest BCUT2D eigenvalue weighted by molar-refractivity contribution is -0.111. The summed E-state index contributed by atoms with van der Waals surface area (Å²) in [7, 11) is 0. The van der Waals surface area contributed by atoms with Gasteiger partial charge in [0.2, 0.25) is 5.91 Å². The predicted octanol–water partition coefficient (Wildman–Crippen LogP) is 4.00. The van der Waals surface area contributed by atoms with Gasteiger partial charge in [0.25, 0.3) is 0 Å². The van der Waals surface area contributed by atoms with Crippen molar-refractivity contribution in [1.29, 1.82) is 5.26 Å². The van der Waals surface area contributed by atoms with E-state index < -0.39 is 0 Å². The molecule has 0 saturated carbocycles. The Hall–Kier alpha value is -3.06. The summed E-state index contributed by atoms with van der Waals surface area (Å²) < 4.78 is 5.51. The number of carbonyl (C=O) groups is 1. The number of carbonyl (C=O) groups excluding carboxylic acids is 1. The summed E-state index contributed by atoms with van der Waals surface area (Å²) >= 11 is 0. The normalized spacial score (nSPS) is 10.3. The maximum absolute atomic E-state index is 11.9. The number of benzene rings is 2. The van der Waals surface area contributed by atoms with Crippen LogP contribution >= 0.6 is 0 Å². The summed E-state index contributed by atoms with van der Waals surface area (Å²) in [6.45, 7) is 2.75. The minimum absolute atomic E-state index is 0.244. The Morgan fingerprint density at radius 2 is 2.04 bits per heavy atom. The molecule has 0 saturated heterocycles. The molecule has 2 aromatic carbocycles. The Morgan fingerprint density at radius 3 is 2.74 bits per heavy atom. The van der Waals surface area contributed by atoms with Gasteiger partial charge in [-0.15, -0.1) is 0 Å². The van der Waals surface area contributed by atoms with E-state index in [1.807, 2.05) is 30.3 Å². The smallest absolute Gasteiger partial charge is 0.248 e. The van der Waals surface area contributed by atoms with Crippen LogP contribution in [0.4, 0.5) is 5.69 Å². The SMILES string of the molecule is CCCOc1ccc(/C=C/C(=O)Nc2cccc(C#N)c2)cc1. The zero-order chi connectivity index (χ0) is 16.5. The van der Waals surface area contributed by atoms with Crippen LogP contribution in [0.25, 0.3) is 6.08 Å². The molecular weight excluding hydrogens is 288 g/mol. The standard InChI is InChI=1S/C19H18N2O2/c1-2-12-23-18-9-6-15(7-10-18)8-11-19(22)21-17-5-3-4-16(13-17)14-20/h3-11,13H,2,12H2,1H3,(H,21,22)/b11-8+. The van der Waals surface area contributed by atoms with Gasteiger partial charge in [0.05, 0.1) is 18.2 Å². The van der Waals surface area contributed by atoms with Crippen LogP contribution in [0.2, 0.25) is 0 Å². The number of hydrogen-bond acceptors (Lipinski definition) is 3. The third-order valence-corrected chi connectivity index (χ3v) is 3.04. The highest BCUT2D eigenvalue weighted by Gasteiger charge is 1.99. The molecule has 0 radical (unpaired) electrons. The minimum atomic E-state index is -0.244. The van der Waals surface area contributed by atoms with E-state index in [2.05, 4.69) is 12.2 Å². The highest BCUT2D eigenvalue weighted by molar-refractivity contribution is 6.02. The Kier molecular flexibility index (Phi) is 5.96. The van der Waals surface area contributed by atoms with Crippen LogP contribution in [-0.4, -0.2) is 12.5 Å². The van der Waals surface area contributed by atoms with Crippen LogP contribution in [0.5, 0.6) is 5.75 Å². The van der Waals surface area contributed by atoms with E-state index in [0.29, 0.717) is 17.9 Å². The number of ether oxygens (including phenoxy) is 1. The molecule has 0 aromatic heterocycles. The van der Waals surface area contributed by atoms with Gasteiger partial charge < -0.3 is 10.1 Å². The van der Waals surface area contributed by atoms with Gasteiger partial charge in [-0.2, -0.15) is 5.26 Å². The van der Waals surface area contributed by atoms with Gasteiger partial charge in [-0.1, -0.05) is 25.1 Å². The van der Waals surface area contributed by atoms with Crippen molar-refractivity contribution in [3.63, 3.8) is 0 Å². The lowest BCUT2D eigenvalue weighted by Gasteiger charge is -2.04. The summed E-state index contributed by atoms with van der Waals surface area (Å²) in [6, 6.07) is 16.4. The first-order valence-corrected chi connectivity index (χ1v) is 7.43. The number of nitrogens with zero attached hydrogens (tertiary/aromatic N) is 1. The van der Waals surface area contributed by atoms with Gasteiger partial charge in [0, 0.05) is 11.8 Å². The molecule has 2 rings (SSSR count). The number of anilines is 1. The molecular formula is C19H18N2O2. The minimum Gasteiger partial charge on any atom is -0.494 e. The van der Waals surface area contributed by atoms with E-state index in [9.17, 15) is 4.79 Å². The molecule has 1 N–H and O–H groups in total. The van der Waals surface area contributed by atoms with Crippen LogP contribution in [0.3, 0.4) is 0 Å². The van der Waals surface area contributed by atoms with Crippen molar-refractivity contribution in [1.82, 2.24) is 0 Å². The van der Waals surface area contributed by atoms with Crippen LogP contribution in [0.15, 0.2) is 54.6 Å². The Morgan fingerprint density at radius 1 is 1.26 bits per heavy atom. The second-order valence-electron chi connectivity index (χ2n) is 4.93. The molecule has 4 nitrogen and oxygen atoms in total. The average Bonchev–Trinajstić information content (AvgIpc) is 2.59. The number of rotatable bonds is 6. The van der Waals surface area contributed by atoms with E-state index in [-0.39, 0.29) is 5.91 Å². The van der Waals surface area contributed by atoms with Gasteiger partial charge in [0.15, 0.2) is 0 Å². The molecule has 0 atom stereocenters. The molecule has 116 valence electrons. The highest BCUT2D eigenvalue weighted by atomic mass is 16.5. The molecule has 4 heteroatoms. The largest absolute Gasteiger partial charge is 0.494 e. The maximum atomic E-state index is 11.9. The molecule has 0 unspecified atom stereocenters. The van der Waals surface area contributed by atoms with Crippen molar-refractivity contribution in [2.24, 2.45) is 0 Å². The van der Waals surface area contributed by atoms with Crippen molar-refractivity contribution < 1.29 is 9.53 Å². The molecule has 0 aliphatic heterocycles. The number of amides is 1. The van der Waals surface area contributed by atoms with E-state index in [1.165, 1.54) is 6.08 Å². The van der Waals surface area contributed by atoms with Gasteiger partial charge in [-0.25, -0.2) is 0 Å². The van der Waals surface area contributed by atoms with Crippen molar-refractivity contribution in [3.8, 4) is 11.8 Å². The molecule has 0 spiro atoms. The Bertz CT molecular complexity index is 728. The lowest BCUT2D eigenvalue weighted by Crippen LogP contribution is -2.07. The van der Waals surface area contributed by atoms with E-state index in [4.69, 9.17) is 10.00 Å². The maximum Gasteiger partial charge on any atom is 0.248 e. The molecule has 2 aromatic rings. The fourth-order valence-corrected chi connectivity index (χ4v) is 1.92. The fraction of sp³-hybridized carbons (Fsp3) is 0.158. The van der Waals surface area contributed by atoms with Crippen molar-refractivity contribution in [2.75, 3.05) is 11.9 Å². The third-order valence-electron chi connectivity index (χ3n) is 3.04. The summed E-state index contributed by atoms with van der Waals surface area (Å²) in [5.74, 6) is 0.577. The Labute approximate surface area is 136 Å². The average molecular weight is 306 g/mol. The second kappa shape index (κ2) is 8.40. The second-order valence-corrected chi connectivity index (χ2v) is 4.93. The summed E-state index contributed by atoms with van der Waals surface area (Å²) in [5.41, 5.74) is 2.02. The summed E-state index contributed by atoms with van der Waals surface area (Å²) in [6.07, 6.45) is 4.16. The first-order chi connectivity index (χ1) is 11.2. The molecule has 23 heavy (non-hydrogen) atoms. The van der Waals surface area contributed by atoms with Crippen LogP contribution < -0.4 is 10.1 Å². The van der Waals surface area contributed by atoms with Crippen LogP contribution in [-0.2, 0) is 4.79 Å². The third kappa shape index (κ3) is 5.33. The molecule has 0 fully saturated rings. The Balaban J connectivity index is 1.94. The molecule has 0 bridgehead atoms. The van der Waals surface area contributed by atoms with Gasteiger partial charge in [-0.3, -0.25) is 4.79 Å². The first kappa shape index (κ1) is 16.3.